The van der Waals surface area contributed by atoms with E-state index in [2.05, 4.69) is 16.2 Å². The van der Waals surface area contributed by atoms with Gasteiger partial charge in [-0.3, -0.25) is 0 Å². The van der Waals surface area contributed by atoms with E-state index in [1.165, 1.54) is 19.1 Å². The van der Waals surface area contributed by atoms with Crippen molar-refractivity contribution in [3.05, 3.63) is 35.8 Å². The lowest BCUT2D eigenvalue weighted by atomic mass is 9.48. The van der Waals surface area contributed by atoms with Crippen LogP contribution in [0.4, 0.5) is 0 Å². The summed E-state index contributed by atoms with van der Waals surface area (Å²) in [6, 6.07) is 10.0. The molecule has 2 fully saturated rings. The third kappa shape index (κ3) is 3.02. The SMILES string of the molecule is N#CB1CC2CC2C1.c1ccc(-c2nncs2)cc1. The minimum absolute atomic E-state index is 0.429. The molecule has 0 bridgehead atoms. The van der Waals surface area contributed by atoms with E-state index < -0.39 is 0 Å². The van der Waals surface area contributed by atoms with Gasteiger partial charge in [-0.25, -0.2) is 5.26 Å². The van der Waals surface area contributed by atoms with E-state index in [-0.39, 0.29) is 0 Å². The van der Waals surface area contributed by atoms with Gasteiger partial charge in [0, 0.05) is 11.5 Å². The lowest BCUT2D eigenvalue weighted by molar-refractivity contribution is 0.882. The predicted molar refractivity (Wildman–Crippen MR) is 77.9 cm³/mol. The van der Waals surface area contributed by atoms with E-state index in [0.717, 1.165) is 22.4 Å². The van der Waals surface area contributed by atoms with Crippen molar-refractivity contribution < 1.29 is 0 Å². The molecule has 1 aromatic heterocycles. The fourth-order valence-corrected chi connectivity index (χ4v) is 3.26. The van der Waals surface area contributed by atoms with Crippen molar-refractivity contribution in [3.63, 3.8) is 0 Å². The Labute approximate surface area is 117 Å². The van der Waals surface area contributed by atoms with Crippen LogP contribution in [0.5, 0.6) is 0 Å². The van der Waals surface area contributed by atoms with E-state index in [0.29, 0.717) is 6.71 Å². The summed E-state index contributed by atoms with van der Waals surface area (Å²) in [6.45, 7) is 0.429. The molecule has 2 unspecified atom stereocenters. The van der Waals surface area contributed by atoms with Gasteiger partial charge >= 0.3 is 0 Å². The normalized spacial score (nSPS) is 23.0. The molecule has 0 N–H and O–H groups in total. The first-order valence-corrected chi connectivity index (χ1v) is 7.46. The molecule has 4 rings (SSSR count). The average Bonchev–Trinajstić information content (AvgIpc) is 2.90. The molecule has 1 aliphatic carbocycles. The van der Waals surface area contributed by atoms with E-state index in [9.17, 15) is 0 Å². The summed E-state index contributed by atoms with van der Waals surface area (Å²) in [7, 11) is 0. The number of rotatable bonds is 1. The van der Waals surface area contributed by atoms with Crippen molar-refractivity contribution in [1.29, 1.82) is 5.26 Å². The van der Waals surface area contributed by atoms with Gasteiger partial charge in [0.1, 0.15) is 10.5 Å². The number of hydrogen-bond donors (Lipinski definition) is 0. The Kier molecular flexibility index (Phi) is 3.61. The summed E-state index contributed by atoms with van der Waals surface area (Å²) in [5.74, 6) is 4.27. The molecule has 3 nitrogen and oxygen atoms in total. The molecule has 1 aromatic carbocycles. The average molecular weight is 267 g/mol. The third-order valence-electron chi connectivity index (χ3n) is 3.81. The molecule has 5 heteroatoms. The van der Waals surface area contributed by atoms with Gasteiger partial charge in [0.25, 0.3) is 6.71 Å². The van der Waals surface area contributed by atoms with Crippen molar-refractivity contribution >= 4 is 18.0 Å². The molecule has 19 heavy (non-hydrogen) atoms. The quantitative estimate of drug-likeness (QED) is 0.744. The molecule has 2 atom stereocenters. The molecule has 2 heterocycles. The van der Waals surface area contributed by atoms with Gasteiger partial charge in [0.05, 0.1) is 0 Å². The van der Waals surface area contributed by atoms with Gasteiger partial charge in [0.2, 0.25) is 0 Å². The molecular weight excluding hydrogens is 253 g/mol. The van der Waals surface area contributed by atoms with Crippen LogP contribution in [0, 0.1) is 23.1 Å². The molecule has 94 valence electrons. The van der Waals surface area contributed by atoms with Gasteiger partial charge in [-0.1, -0.05) is 54.3 Å². The lowest BCUT2D eigenvalue weighted by Crippen LogP contribution is -2.04. The molecule has 0 spiro atoms. The minimum Gasteiger partial charge on any atom is -0.213 e. The maximum absolute atomic E-state index is 8.45. The molecule has 2 aromatic rings. The number of nitrogens with zero attached hydrogens (tertiary/aromatic N) is 3. The first-order valence-electron chi connectivity index (χ1n) is 6.58. The molecule has 2 aliphatic rings. The zero-order chi connectivity index (χ0) is 13.1. The van der Waals surface area contributed by atoms with Crippen molar-refractivity contribution in [1.82, 2.24) is 10.2 Å². The van der Waals surface area contributed by atoms with E-state index >= 15 is 0 Å². The van der Waals surface area contributed by atoms with Crippen molar-refractivity contribution in [2.45, 2.75) is 19.1 Å². The van der Waals surface area contributed by atoms with Crippen LogP contribution in [-0.2, 0) is 0 Å². The predicted octanol–water partition coefficient (Wildman–Crippen LogP) is 3.40. The van der Waals surface area contributed by atoms with E-state index in [1.54, 1.807) is 16.8 Å². The first-order chi connectivity index (χ1) is 9.36. The molecule has 0 amide bonds. The molecule has 1 aliphatic heterocycles. The van der Waals surface area contributed by atoms with Gasteiger partial charge in [-0.15, -0.1) is 10.2 Å². The van der Waals surface area contributed by atoms with Crippen LogP contribution >= 0.6 is 11.3 Å². The lowest BCUT2D eigenvalue weighted by Gasteiger charge is -1.90. The molecule has 0 radical (unpaired) electrons. The van der Waals surface area contributed by atoms with Gasteiger partial charge in [-0.05, 0) is 18.3 Å². The summed E-state index contributed by atoms with van der Waals surface area (Å²) >= 11 is 1.55. The Morgan fingerprint density at radius 1 is 1.21 bits per heavy atom. The van der Waals surface area contributed by atoms with Gasteiger partial charge in [0.15, 0.2) is 0 Å². The zero-order valence-corrected chi connectivity index (χ0v) is 11.4. The number of nitriles is 1. The summed E-state index contributed by atoms with van der Waals surface area (Å²) in [5, 5.41) is 17.2. The zero-order valence-electron chi connectivity index (χ0n) is 10.6. The highest BCUT2D eigenvalue weighted by molar-refractivity contribution is 7.12. The van der Waals surface area contributed by atoms with Crippen LogP contribution in [-0.4, -0.2) is 16.9 Å². The van der Waals surface area contributed by atoms with Crippen LogP contribution < -0.4 is 0 Å². The summed E-state index contributed by atoms with van der Waals surface area (Å²) in [5.41, 5.74) is 2.87. The van der Waals surface area contributed by atoms with Crippen molar-refractivity contribution in [2.75, 3.05) is 0 Å². The van der Waals surface area contributed by atoms with Crippen LogP contribution in [0.15, 0.2) is 35.8 Å². The fraction of sp³-hybridized carbons (Fsp3) is 0.357. The number of hydrogen-bond acceptors (Lipinski definition) is 4. The van der Waals surface area contributed by atoms with Crippen LogP contribution in [0.1, 0.15) is 6.42 Å². The topological polar surface area (TPSA) is 49.6 Å². The smallest absolute Gasteiger partial charge is 0.213 e. The molecular formula is C14H14BN3S. The van der Waals surface area contributed by atoms with Crippen LogP contribution in [0.2, 0.25) is 12.6 Å². The minimum atomic E-state index is 0.429. The Balaban J connectivity index is 0.000000122. The fourth-order valence-electron chi connectivity index (χ4n) is 2.70. The van der Waals surface area contributed by atoms with E-state index in [4.69, 9.17) is 5.26 Å². The van der Waals surface area contributed by atoms with Crippen molar-refractivity contribution in [3.8, 4) is 16.5 Å². The number of benzene rings is 1. The first kappa shape index (κ1) is 12.4. The highest BCUT2D eigenvalue weighted by Crippen LogP contribution is 2.52. The summed E-state index contributed by atoms with van der Waals surface area (Å²) in [6.07, 6.45) is 3.85. The second-order valence-electron chi connectivity index (χ2n) is 5.16. The summed E-state index contributed by atoms with van der Waals surface area (Å²) < 4.78 is 0. The monoisotopic (exact) mass is 267 g/mol. The van der Waals surface area contributed by atoms with Gasteiger partial charge < -0.3 is 0 Å². The van der Waals surface area contributed by atoms with Crippen LogP contribution in [0.25, 0.3) is 10.6 Å². The Morgan fingerprint density at radius 3 is 2.47 bits per heavy atom. The Morgan fingerprint density at radius 2 is 1.95 bits per heavy atom. The molecule has 1 saturated carbocycles. The third-order valence-corrected chi connectivity index (χ3v) is 4.55. The largest absolute Gasteiger partial charge is 0.268 e. The highest BCUT2D eigenvalue weighted by Gasteiger charge is 2.47. The van der Waals surface area contributed by atoms with E-state index in [1.807, 2.05) is 30.3 Å². The standard InChI is InChI=1S/C8H6N2S.C6H8BN/c1-2-4-7(5-3-1)8-10-9-6-11-8;8-4-7-2-5-1-6(5)3-7/h1-6H;5-6H,1-3H2. The Hall–Kier alpha value is -1.67. The maximum Gasteiger partial charge on any atom is 0.268 e. The second kappa shape index (κ2) is 5.54. The van der Waals surface area contributed by atoms with Crippen molar-refractivity contribution in [2.24, 2.45) is 11.8 Å². The van der Waals surface area contributed by atoms with Gasteiger partial charge in [-0.2, -0.15) is 0 Å². The number of aromatic nitrogens is 2. The Bertz CT molecular complexity index is 554. The second-order valence-corrected chi connectivity index (χ2v) is 6.00. The number of fused-ring (bicyclic) bond motifs is 1. The highest BCUT2D eigenvalue weighted by atomic mass is 32.1. The van der Waals surface area contributed by atoms with Crippen LogP contribution in [0.3, 0.4) is 0 Å². The summed E-state index contributed by atoms with van der Waals surface area (Å²) in [4.78, 5) is 0. The molecule has 1 saturated heterocycles. The maximum atomic E-state index is 8.45.